The first-order valence-electron chi connectivity index (χ1n) is 6.69. The van der Waals surface area contributed by atoms with Gasteiger partial charge in [-0.05, 0) is 42.9 Å². The number of hydrogen-bond donors (Lipinski definition) is 2. The molecule has 1 saturated carbocycles. The summed E-state index contributed by atoms with van der Waals surface area (Å²) in [5, 5.41) is 3.33. The van der Waals surface area contributed by atoms with Crippen LogP contribution in [0.5, 0.6) is 0 Å². The Bertz CT molecular complexity index is 580. The number of anilines is 2. The highest BCUT2D eigenvalue weighted by Gasteiger charge is 2.41. The van der Waals surface area contributed by atoms with Crippen LogP contribution in [0.25, 0.3) is 0 Å². The largest absolute Gasteiger partial charge is 0.397 e. The Kier molecular flexibility index (Phi) is 4.25. The first-order valence-corrected chi connectivity index (χ1v) is 8.58. The van der Waals surface area contributed by atoms with Gasteiger partial charge in [0.1, 0.15) is 0 Å². The van der Waals surface area contributed by atoms with Gasteiger partial charge < -0.3 is 15.8 Å². The lowest BCUT2D eigenvalue weighted by Gasteiger charge is -2.17. The number of sulfone groups is 1. The molecule has 0 saturated heterocycles. The lowest BCUT2D eigenvalue weighted by atomic mass is 10.0. The number of nitrogen functional groups attached to an aromatic ring is 1. The van der Waals surface area contributed by atoms with Crippen LogP contribution >= 0.6 is 0 Å². The summed E-state index contributed by atoms with van der Waals surface area (Å²) >= 11 is 0. The van der Waals surface area contributed by atoms with Gasteiger partial charge in [-0.1, -0.05) is 0 Å². The van der Waals surface area contributed by atoms with Gasteiger partial charge >= 0.3 is 0 Å². The Morgan fingerprint density at radius 1 is 1.40 bits per heavy atom. The number of benzene rings is 1. The van der Waals surface area contributed by atoms with E-state index in [-0.39, 0.29) is 4.90 Å². The van der Waals surface area contributed by atoms with Crippen molar-refractivity contribution in [2.75, 3.05) is 37.6 Å². The molecule has 1 fully saturated rings. The quantitative estimate of drug-likeness (QED) is 0.751. The van der Waals surface area contributed by atoms with E-state index in [1.165, 1.54) is 25.2 Å². The van der Waals surface area contributed by atoms with Crippen LogP contribution < -0.4 is 11.1 Å². The number of methoxy groups -OCH3 is 1. The lowest BCUT2D eigenvalue weighted by molar-refractivity contribution is 0.175. The first-order chi connectivity index (χ1) is 9.36. The molecule has 0 spiro atoms. The average Bonchev–Trinajstić information content (AvgIpc) is 3.14. The molecule has 0 heterocycles. The number of nitrogens with one attached hydrogen (secondary N) is 1. The van der Waals surface area contributed by atoms with Gasteiger partial charge in [0.25, 0.3) is 0 Å². The van der Waals surface area contributed by atoms with Gasteiger partial charge in [-0.25, -0.2) is 8.42 Å². The smallest absolute Gasteiger partial charge is 0.175 e. The van der Waals surface area contributed by atoms with Gasteiger partial charge in [-0.2, -0.15) is 0 Å². The van der Waals surface area contributed by atoms with E-state index in [0.717, 1.165) is 25.3 Å². The Morgan fingerprint density at radius 2 is 2.10 bits per heavy atom. The molecular formula is C14H22N2O3S. The second-order valence-corrected chi connectivity index (χ2v) is 7.63. The molecule has 0 radical (unpaired) electrons. The third kappa shape index (κ3) is 3.64. The molecule has 0 bridgehead atoms. The van der Waals surface area contributed by atoms with Crippen molar-refractivity contribution in [2.45, 2.75) is 24.2 Å². The minimum atomic E-state index is -3.21. The molecular weight excluding hydrogens is 276 g/mol. The van der Waals surface area contributed by atoms with E-state index >= 15 is 0 Å². The van der Waals surface area contributed by atoms with Gasteiger partial charge in [0, 0.05) is 26.5 Å². The fourth-order valence-electron chi connectivity index (χ4n) is 2.23. The van der Waals surface area contributed by atoms with Crippen LogP contribution in [0.2, 0.25) is 0 Å². The molecule has 0 aromatic heterocycles. The molecule has 5 nitrogen and oxygen atoms in total. The predicted octanol–water partition coefficient (Wildman–Crippen LogP) is 1.90. The van der Waals surface area contributed by atoms with Crippen LogP contribution in [0.15, 0.2) is 23.1 Å². The molecule has 0 unspecified atom stereocenters. The number of nitrogens with two attached hydrogens (primary N) is 1. The lowest BCUT2D eigenvalue weighted by Crippen LogP contribution is -2.18. The van der Waals surface area contributed by atoms with Crippen molar-refractivity contribution in [3.8, 4) is 0 Å². The minimum Gasteiger partial charge on any atom is -0.397 e. The van der Waals surface area contributed by atoms with E-state index in [9.17, 15) is 8.42 Å². The van der Waals surface area contributed by atoms with E-state index in [4.69, 9.17) is 10.5 Å². The highest BCUT2D eigenvalue weighted by molar-refractivity contribution is 7.90. The summed E-state index contributed by atoms with van der Waals surface area (Å²) in [4.78, 5) is 0.251. The third-order valence-electron chi connectivity index (χ3n) is 3.90. The Labute approximate surface area is 120 Å². The Balaban J connectivity index is 2.01. The fraction of sp³-hybridized carbons (Fsp3) is 0.571. The molecule has 1 aliphatic rings. The van der Waals surface area contributed by atoms with Crippen molar-refractivity contribution in [3.63, 3.8) is 0 Å². The second-order valence-electron chi connectivity index (χ2n) is 5.62. The molecule has 1 aromatic carbocycles. The Morgan fingerprint density at radius 3 is 2.60 bits per heavy atom. The number of rotatable bonds is 7. The monoisotopic (exact) mass is 298 g/mol. The molecule has 1 aromatic rings. The maximum absolute atomic E-state index is 11.5. The summed E-state index contributed by atoms with van der Waals surface area (Å²) in [6.45, 7) is 1.61. The van der Waals surface area contributed by atoms with E-state index in [1.807, 2.05) is 0 Å². The first kappa shape index (κ1) is 15.1. The summed E-state index contributed by atoms with van der Waals surface area (Å²) in [5.41, 5.74) is 7.49. The predicted molar refractivity (Wildman–Crippen MR) is 80.6 cm³/mol. The van der Waals surface area contributed by atoms with Crippen LogP contribution in [0.3, 0.4) is 0 Å². The summed E-state index contributed by atoms with van der Waals surface area (Å²) in [6.07, 6.45) is 4.62. The maximum atomic E-state index is 11.5. The van der Waals surface area contributed by atoms with E-state index in [0.29, 0.717) is 11.1 Å². The summed E-state index contributed by atoms with van der Waals surface area (Å²) in [6, 6.07) is 4.83. The van der Waals surface area contributed by atoms with Gasteiger partial charge in [-0.3, -0.25) is 0 Å². The molecule has 20 heavy (non-hydrogen) atoms. The number of hydrogen-bond acceptors (Lipinski definition) is 5. The zero-order valence-corrected chi connectivity index (χ0v) is 12.8. The van der Waals surface area contributed by atoms with Crippen LogP contribution in [0.1, 0.15) is 19.3 Å². The van der Waals surface area contributed by atoms with Crippen molar-refractivity contribution in [2.24, 2.45) is 5.41 Å². The topological polar surface area (TPSA) is 81.4 Å². The van der Waals surface area contributed by atoms with Gasteiger partial charge in [0.2, 0.25) is 0 Å². The van der Waals surface area contributed by atoms with E-state index in [2.05, 4.69) is 5.32 Å². The van der Waals surface area contributed by atoms with Crippen LogP contribution in [-0.2, 0) is 14.6 Å². The highest BCUT2D eigenvalue weighted by Crippen LogP contribution is 2.48. The van der Waals surface area contributed by atoms with Crippen molar-refractivity contribution in [1.29, 1.82) is 0 Å². The molecule has 0 atom stereocenters. The van der Waals surface area contributed by atoms with Gasteiger partial charge in [0.15, 0.2) is 9.84 Å². The molecule has 6 heteroatoms. The SMILES string of the molecule is COCCC1(CNc2ccc(S(C)(=O)=O)cc2N)CC1. The number of ether oxygens (including phenoxy) is 1. The summed E-state index contributed by atoms with van der Waals surface area (Å²) < 4.78 is 28.0. The third-order valence-corrected chi connectivity index (χ3v) is 5.01. The normalized spacial score (nSPS) is 16.9. The van der Waals surface area contributed by atoms with Crippen molar-refractivity contribution in [1.82, 2.24) is 0 Å². The van der Waals surface area contributed by atoms with Crippen molar-refractivity contribution < 1.29 is 13.2 Å². The fourth-order valence-corrected chi connectivity index (χ4v) is 2.88. The second kappa shape index (κ2) is 5.61. The average molecular weight is 298 g/mol. The van der Waals surface area contributed by atoms with Crippen LogP contribution in [0, 0.1) is 5.41 Å². The molecule has 0 aliphatic heterocycles. The molecule has 0 amide bonds. The Hall–Kier alpha value is -1.27. The zero-order chi connectivity index (χ0) is 14.8. The maximum Gasteiger partial charge on any atom is 0.175 e. The minimum absolute atomic E-state index is 0.251. The molecule has 2 rings (SSSR count). The molecule has 1 aliphatic carbocycles. The molecule has 3 N–H and O–H groups in total. The van der Waals surface area contributed by atoms with Gasteiger partial charge in [0.05, 0.1) is 16.3 Å². The van der Waals surface area contributed by atoms with Crippen molar-refractivity contribution in [3.05, 3.63) is 18.2 Å². The van der Waals surface area contributed by atoms with E-state index < -0.39 is 9.84 Å². The van der Waals surface area contributed by atoms with Crippen LogP contribution in [-0.4, -0.2) is 34.9 Å². The molecule has 112 valence electrons. The van der Waals surface area contributed by atoms with Crippen molar-refractivity contribution >= 4 is 21.2 Å². The summed E-state index contributed by atoms with van der Waals surface area (Å²) in [7, 11) is -1.50. The summed E-state index contributed by atoms with van der Waals surface area (Å²) in [5.74, 6) is 0. The van der Waals surface area contributed by atoms with E-state index in [1.54, 1.807) is 19.2 Å². The highest BCUT2D eigenvalue weighted by atomic mass is 32.2. The van der Waals surface area contributed by atoms with Gasteiger partial charge in [-0.15, -0.1) is 0 Å². The standard InChI is InChI=1S/C14H22N2O3S/c1-19-8-7-14(5-6-14)10-16-13-4-3-11(9-12(13)15)20(2,17)18/h3-4,9,16H,5-8,10,15H2,1-2H3. The zero-order valence-electron chi connectivity index (χ0n) is 12.0. The van der Waals surface area contributed by atoms with Crippen LogP contribution in [0.4, 0.5) is 11.4 Å².